The fourth-order valence-corrected chi connectivity index (χ4v) is 1.94. The Labute approximate surface area is 98.0 Å². The number of hydrogen-bond donors (Lipinski definition) is 2. The lowest BCUT2D eigenvalue weighted by Gasteiger charge is -2.34. The highest BCUT2D eigenvalue weighted by Crippen LogP contribution is 2.13. The lowest BCUT2D eigenvalue weighted by molar-refractivity contribution is 0.0158. The van der Waals surface area contributed by atoms with Crippen LogP contribution in [-0.2, 0) is 4.74 Å². The molecule has 1 atom stereocenters. The van der Waals surface area contributed by atoms with Crippen molar-refractivity contribution in [1.82, 2.24) is 10.3 Å². The van der Waals surface area contributed by atoms with Gasteiger partial charge >= 0.3 is 0 Å². The molecule has 5 nitrogen and oxygen atoms in total. The highest BCUT2D eigenvalue weighted by Gasteiger charge is 2.22. The molecular formula is C11H24N4O. The van der Waals surface area contributed by atoms with Crippen LogP contribution in [-0.4, -0.2) is 43.2 Å². The van der Waals surface area contributed by atoms with Crippen molar-refractivity contribution in [1.29, 1.82) is 0 Å². The number of likely N-dealkylation sites (tertiary alicyclic amines) is 1. The molecule has 0 bridgehead atoms. The van der Waals surface area contributed by atoms with Crippen LogP contribution in [0, 0.1) is 0 Å². The number of ether oxygens (including phenoxy) is 1. The Kier molecular flexibility index (Phi) is 6.18. The highest BCUT2D eigenvalue weighted by molar-refractivity contribution is 5.79. The molecule has 5 heteroatoms. The number of aliphatic imine (C=N–C) groups is 1. The van der Waals surface area contributed by atoms with Crippen LogP contribution in [0.1, 0.15) is 33.1 Å². The predicted molar refractivity (Wildman–Crippen MR) is 66.1 cm³/mol. The molecule has 0 aromatic rings. The topological polar surface area (TPSA) is 62.9 Å². The van der Waals surface area contributed by atoms with E-state index in [0.717, 1.165) is 51.5 Å². The van der Waals surface area contributed by atoms with E-state index in [0.29, 0.717) is 6.10 Å². The molecule has 0 aliphatic carbocycles. The van der Waals surface area contributed by atoms with Gasteiger partial charge in [-0.2, -0.15) is 0 Å². The molecule has 3 N–H and O–H groups in total. The van der Waals surface area contributed by atoms with Crippen LogP contribution in [0.25, 0.3) is 0 Å². The van der Waals surface area contributed by atoms with Crippen LogP contribution >= 0.6 is 0 Å². The third-order valence-electron chi connectivity index (χ3n) is 2.67. The van der Waals surface area contributed by atoms with Crippen molar-refractivity contribution in [3.05, 3.63) is 0 Å². The predicted octanol–water partition coefficient (Wildman–Crippen LogP) is 0.717. The number of piperidine rings is 1. The Balaban J connectivity index is 2.45. The Morgan fingerprint density at radius 1 is 1.56 bits per heavy atom. The van der Waals surface area contributed by atoms with Gasteiger partial charge in [-0.25, -0.2) is 5.84 Å². The molecule has 1 heterocycles. The largest absolute Gasteiger partial charge is 0.376 e. The summed E-state index contributed by atoms with van der Waals surface area (Å²) in [5.74, 6) is 6.26. The van der Waals surface area contributed by atoms with E-state index in [9.17, 15) is 0 Å². The molecule has 94 valence electrons. The van der Waals surface area contributed by atoms with Gasteiger partial charge in [0.1, 0.15) is 0 Å². The minimum absolute atomic E-state index is 0.323. The van der Waals surface area contributed by atoms with Crippen molar-refractivity contribution < 1.29 is 4.74 Å². The summed E-state index contributed by atoms with van der Waals surface area (Å²) in [4.78, 5) is 6.51. The quantitative estimate of drug-likeness (QED) is 0.322. The van der Waals surface area contributed by atoms with Crippen molar-refractivity contribution in [2.45, 2.75) is 39.2 Å². The monoisotopic (exact) mass is 228 g/mol. The molecule has 0 aromatic heterocycles. The van der Waals surface area contributed by atoms with E-state index in [4.69, 9.17) is 10.6 Å². The molecule has 1 fully saturated rings. The summed E-state index contributed by atoms with van der Waals surface area (Å²) in [5, 5.41) is 0. The van der Waals surface area contributed by atoms with Gasteiger partial charge in [0.25, 0.3) is 0 Å². The first-order valence-electron chi connectivity index (χ1n) is 6.19. The summed E-state index contributed by atoms with van der Waals surface area (Å²) >= 11 is 0. The fraction of sp³-hybridized carbons (Fsp3) is 0.909. The number of rotatable bonds is 4. The normalized spacial score (nSPS) is 22.3. The van der Waals surface area contributed by atoms with Crippen LogP contribution in [0.2, 0.25) is 0 Å². The first-order valence-corrected chi connectivity index (χ1v) is 6.19. The Morgan fingerprint density at radius 2 is 2.38 bits per heavy atom. The maximum atomic E-state index is 5.77. The average Bonchev–Trinajstić information content (AvgIpc) is 2.33. The van der Waals surface area contributed by atoms with E-state index < -0.39 is 0 Å². The maximum absolute atomic E-state index is 5.77. The van der Waals surface area contributed by atoms with Gasteiger partial charge in [0.15, 0.2) is 0 Å². The van der Waals surface area contributed by atoms with E-state index in [1.54, 1.807) is 0 Å². The second kappa shape index (κ2) is 7.46. The average molecular weight is 228 g/mol. The van der Waals surface area contributed by atoms with Gasteiger partial charge in [-0.15, -0.1) is 0 Å². The van der Waals surface area contributed by atoms with Gasteiger partial charge in [-0.1, -0.05) is 6.92 Å². The third-order valence-corrected chi connectivity index (χ3v) is 2.67. The van der Waals surface area contributed by atoms with Crippen molar-refractivity contribution in [2.75, 3.05) is 26.2 Å². The molecule has 0 saturated carbocycles. The van der Waals surface area contributed by atoms with Crippen molar-refractivity contribution in [3.8, 4) is 0 Å². The summed E-state index contributed by atoms with van der Waals surface area (Å²) < 4.78 is 5.77. The number of nitrogens with one attached hydrogen (secondary N) is 1. The number of nitrogens with two attached hydrogens (primary N) is 1. The first kappa shape index (κ1) is 13.3. The van der Waals surface area contributed by atoms with E-state index in [1.165, 1.54) is 0 Å². The van der Waals surface area contributed by atoms with Crippen molar-refractivity contribution in [3.63, 3.8) is 0 Å². The zero-order valence-electron chi connectivity index (χ0n) is 10.4. The van der Waals surface area contributed by atoms with E-state index in [-0.39, 0.29) is 0 Å². The Morgan fingerprint density at radius 3 is 3.00 bits per heavy atom. The number of hydrazine groups is 1. The summed E-state index contributed by atoms with van der Waals surface area (Å²) in [6.07, 6.45) is 3.67. The molecule has 1 saturated heterocycles. The summed E-state index contributed by atoms with van der Waals surface area (Å²) in [6.45, 7) is 7.63. The summed E-state index contributed by atoms with van der Waals surface area (Å²) in [5.41, 5.74) is 2.67. The van der Waals surface area contributed by atoms with Crippen LogP contribution in [0.15, 0.2) is 4.99 Å². The molecular weight excluding hydrogens is 204 g/mol. The van der Waals surface area contributed by atoms with Gasteiger partial charge in [-0.05, 0) is 26.2 Å². The summed E-state index contributed by atoms with van der Waals surface area (Å²) in [7, 11) is 0. The van der Waals surface area contributed by atoms with Gasteiger partial charge in [0, 0.05) is 26.2 Å². The van der Waals surface area contributed by atoms with Crippen LogP contribution in [0.4, 0.5) is 0 Å². The molecule has 0 radical (unpaired) electrons. The third kappa shape index (κ3) is 3.98. The highest BCUT2D eigenvalue weighted by atomic mass is 16.5. The van der Waals surface area contributed by atoms with Crippen molar-refractivity contribution >= 4 is 5.96 Å². The van der Waals surface area contributed by atoms with Crippen molar-refractivity contribution in [2.24, 2.45) is 10.8 Å². The van der Waals surface area contributed by atoms with Crippen LogP contribution in [0.3, 0.4) is 0 Å². The van der Waals surface area contributed by atoms with Gasteiger partial charge < -0.3 is 9.64 Å². The Hall–Kier alpha value is -0.810. The van der Waals surface area contributed by atoms with Crippen LogP contribution < -0.4 is 11.3 Å². The lowest BCUT2D eigenvalue weighted by Crippen LogP contribution is -2.50. The second-order valence-electron chi connectivity index (χ2n) is 4.02. The van der Waals surface area contributed by atoms with Gasteiger partial charge in [-0.3, -0.25) is 10.4 Å². The van der Waals surface area contributed by atoms with E-state index >= 15 is 0 Å². The van der Waals surface area contributed by atoms with E-state index in [2.05, 4.69) is 22.2 Å². The van der Waals surface area contributed by atoms with E-state index in [1.807, 2.05) is 6.92 Å². The second-order valence-corrected chi connectivity index (χ2v) is 4.02. The maximum Gasteiger partial charge on any atom is 0.208 e. The first-order chi connectivity index (χ1) is 7.81. The van der Waals surface area contributed by atoms with Crippen LogP contribution in [0.5, 0.6) is 0 Å². The molecule has 0 spiro atoms. The zero-order chi connectivity index (χ0) is 11.8. The molecule has 1 unspecified atom stereocenters. The standard InChI is InChI=1S/C11H24N4O/c1-3-8-16-10-6-5-7-15(9-10)11(14-12)13-4-2/h10H,3-9,12H2,1-2H3,(H,13,14). The number of guanidine groups is 1. The molecule has 1 rings (SSSR count). The van der Waals surface area contributed by atoms with Gasteiger partial charge in [0.05, 0.1) is 6.10 Å². The SMILES string of the molecule is CCCOC1CCCN(C(=NCC)NN)C1. The number of hydrogen-bond acceptors (Lipinski definition) is 3. The van der Waals surface area contributed by atoms with Gasteiger partial charge in [0.2, 0.25) is 5.96 Å². The number of nitrogens with zero attached hydrogens (tertiary/aromatic N) is 2. The molecule has 0 amide bonds. The zero-order valence-corrected chi connectivity index (χ0v) is 10.4. The molecule has 0 aromatic carbocycles. The minimum atomic E-state index is 0.323. The Bertz CT molecular complexity index is 220. The summed E-state index contributed by atoms with van der Waals surface area (Å²) in [6, 6.07) is 0. The lowest BCUT2D eigenvalue weighted by atomic mass is 10.1. The smallest absolute Gasteiger partial charge is 0.208 e. The minimum Gasteiger partial charge on any atom is -0.376 e. The molecule has 16 heavy (non-hydrogen) atoms. The molecule has 1 aliphatic heterocycles. The molecule has 1 aliphatic rings. The fourth-order valence-electron chi connectivity index (χ4n) is 1.94.